The SMILES string of the molecule is CCOC(=O)C[C@@H](c1cccc(B(O)O)c1)N(Cc1ccccc1)[C@H](C)c1ccccc1. The van der Waals surface area contributed by atoms with Gasteiger partial charge in [-0.2, -0.15) is 0 Å². The zero-order chi connectivity index (χ0) is 22.9. The average Bonchev–Trinajstić information content (AvgIpc) is 2.82. The molecule has 0 amide bonds. The molecule has 0 saturated heterocycles. The Kier molecular flexibility index (Phi) is 8.62. The maximum absolute atomic E-state index is 12.6. The first-order valence-corrected chi connectivity index (χ1v) is 11.0. The molecule has 0 aromatic heterocycles. The molecule has 0 unspecified atom stereocenters. The van der Waals surface area contributed by atoms with Crippen LogP contribution in [0.4, 0.5) is 0 Å². The molecule has 0 heterocycles. The third-order valence-electron chi connectivity index (χ3n) is 5.65. The number of rotatable bonds is 10. The Balaban J connectivity index is 2.06. The summed E-state index contributed by atoms with van der Waals surface area (Å²) >= 11 is 0. The van der Waals surface area contributed by atoms with E-state index in [0.29, 0.717) is 18.6 Å². The second-order valence-electron chi connectivity index (χ2n) is 7.81. The van der Waals surface area contributed by atoms with E-state index in [-0.39, 0.29) is 24.5 Å². The molecule has 6 heteroatoms. The van der Waals surface area contributed by atoms with E-state index in [4.69, 9.17) is 4.74 Å². The lowest BCUT2D eigenvalue weighted by Crippen LogP contribution is -2.35. The predicted octanol–water partition coefficient (Wildman–Crippen LogP) is 3.62. The number of nitrogens with zero attached hydrogens (tertiary/aromatic N) is 1. The van der Waals surface area contributed by atoms with Crippen molar-refractivity contribution < 1.29 is 19.6 Å². The first-order valence-electron chi connectivity index (χ1n) is 11.0. The highest BCUT2D eigenvalue weighted by Crippen LogP contribution is 2.34. The third-order valence-corrected chi connectivity index (χ3v) is 5.65. The molecule has 3 aromatic rings. The van der Waals surface area contributed by atoms with Crippen molar-refractivity contribution in [2.45, 2.75) is 38.9 Å². The van der Waals surface area contributed by atoms with Gasteiger partial charge < -0.3 is 14.8 Å². The Bertz CT molecular complexity index is 981. The largest absolute Gasteiger partial charge is 0.488 e. The van der Waals surface area contributed by atoms with Crippen molar-refractivity contribution in [3.63, 3.8) is 0 Å². The fourth-order valence-corrected chi connectivity index (χ4v) is 3.97. The summed E-state index contributed by atoms with van der Waals surface area (Å²) in [7, 11) is -1.58. The van der Waals surface area contributed by atoms with E-state index in [9.17, 15) is 14.8 Å². The van der Waals surface area contributed by atoms with Crippen LogP contribution in [-0.4, -0.2) is 34.6 Å². The second kappa shape index (κ2) is 11.6. The quantitative estimate of drug-likeness (QED) is 0.379. The van der Waals surface area contributed by atoms with E-state index in [1.807, 2.05) is 42.5 Å². The fourth-order valence-electron chi connectivity index (χ4n) is 3.97. The highest BCUT2D eigenvalue weighted by Gasteiger charge is 2.29. The maximum Gasteiger partial charge on any atom is 0.488 e. The lowest BCUT2D eigenvalue weighted by atomic mass is 9.78. The Hall–Kier alpha value is -2.93. The number of esters is 1. The first kappa shape index (κ1) is 23.7. The maximum atomic E-state index is 12.6. The Morgan fingerprint density at radius 2 is 1.56 bits per heavy atom. The van der Waals surface area contributed by atoms with Gasteiger partial charge in [-0.15, -0.1) is 0 Å². The summed E-state index contributed by atoms with van der Waals surface area (Å²) in [4.78, 5) is 14.9. The molecule has 0 saturated carbocycles. The molecule has 0 aliphatic carbocycles. The first-order chi connectivity index (χ1) is 15.5. The molecule has 32 heavy (non-hydrogen) atoms. The highest BCUT2D eigenvalue weighted by atomic mass is 16.5. The summed E-state index contributed by atoms with van der Waals surface area (Å²) < 4.78 is 5.29. The Morgan fingerprint density at radius 3 is 2.19 bits per heavy atom. The molecule has 3 rings (SSSR count). The Labute approximate surface area is 190 Å². The predicted molar refractivity (Wildman–Crippen MR) is 127 cm³/mol. The molecule has 0 aliphatic rings. The van der Waals surface area contributed by atoms with E-state index >= 15 is 0 Å². The average molecular weight is 431 g/mol. The number of hydrogen-bond donors (Lipinski definition) is 2. The van der Waals surface area contributed by atoms with Gasteiger partial charge in [0.15, 0.2) is 0 Å². The fraction of sp³-hybridized carbons (Fsp3) is 0.269. The van der Waals surface area contributed by atoms with Crippen LogP contribution >= 0.6 is 0 Å². The van der Waals surface area contributed by atoms with Crippen molar-refractivity contribution in [3.8, 4) is 0 Å². The van der Waals surface area contributed by atoms with E-state index in [0.717, 1.165) is 16.7 Å². The minimum atomic E-state index is -1.58. The molecule has 2 N–H and O–H groups in total. The third kappa shape index (κ3) is 6.30. The monoisotopic (exact) mass is 431 g/mol. The van der Waals surface area contributed by atoms with Crippen molar-refractivity contribution in [2.24, 2.45) is 0 Å². The molecule has 3 aromatic carbocycles. The van der Waals surface area contributed by atoms with Crippen molar-refractivity contribution >= 4 is 18.6 Å². The van der Waals surface area contributed by atoms with Crippen LogP contribution in [-0.2, 0) is 16.1 Å². The van der Waals surface area contributed by atoms with Crippen molar-refractivity contribution in [1.29, 1.82) is 0 Å². The molecule has 0 bridgehead atoms. The van der Waals surface area contributed by atoms with Gasteiger partial charge in [-0.25, -0.2) is 0 Å². The number of hydrogen-bond acceptors (Lipinski definition) is 5. The van der Waals surface area contributed by atoms with Gasteiger partial charge in [-0.1, -0.05) is 84.9 Å². The van der Waals surface area contributed by atoms with Gasteiger partial charge in [0.2, 0.25) is 0 Å². The van der Waals surface area contributed by atoms with E-state index < -0.39 is 7.12 Å². The standard InChI is InChI=1S/C26H30BNO4/c1-3-32-26(29)18-25(23-15-10-16-24(17-23)27(30)31)28(19-21-11-6-4-7-12-21)20(2)22-13-8-5-9-14-22/h4-17,20,25,30-31H,3,18-19H2,1-2H3/t20-,25+/m1/s1. The van der Waals surface area contributed by atoms with E-state index in [1.165, 1.54) is 0 Å². The van der Waals surface area contributed by atoms with Crippen LogP contribution in [0.3, 0.4) is 0 Å². The van der Waals surface area contributed by atoms with Crippen LogP contribution in [0, 0.1) is 0 Å². The van der Waals surface area contributed by atoms with Gasteiger partial charge in [0, 0.05) is 18.6 Å². The number of ether oxygens (including phenoxy) is 1. The number of benzene rings is 3. The van der Waals surface area contributed by atoms with Gasteiger partial charge in [0.05, 0.1) is 13.0 Å². The van der Waals surface area contributed by atoms with Crippen LogP contribution in [0.2, 0.25) is 0 Å². The normalized spacial score (nSPS) is 12.9. The molecule has 0 fully saturated rings. The van der Waals surface area contributed by atoms with Gasteiger partial charge in [-0.3, -0.25) is 9.69 Å². The van der Waals surface area contributed by atoms with Crippen molar-refractivity contribution in [2.75, 3.05) is 6.61 Å². The summed E-state index contributed by atoms with van der Waals surface area (Å²) in [6.07, 6.45) is 0.156. The zero-order valence-corrected chi connectivity index (χ0v) is 18.6. The topological polar surface area (TPSA) is 70.0 Å². The van der Waals surface area contributed by atoms with Crippen molar-refractivity contribution in [1.82, 2.24) is 4.90 Å². The van der Waals surface area contributed by atoms with Crippen molar-refractivity contribution in [3.05, 3.63) is 102 Å². The molecule has 5 nitrogen and oxygen atoms in total. The molecule has 166 valence electrons. The summed E-state index contributed by atoms with van der Waals surface area (Å²) in [5, 5.41) is 19.4. The van der Waals surface area contributed by atoms with Gasteiger partial charge >= 0.3 is 13.1 Å². The molecular formula is C26H30BNO4. The smallest absolute Gasteiger partial charge is 0.466 e. The Morgan fingerprint density at radius 1 is 0.938 bits per heavy atom. The zero-order valence-electron chi connectivity index (χ0n) is 18.6. The lowest BCUT2D eigenvalue weighted by molar-refractivity contribution is -0.145. The summed E-state index contributed by atoms with van der Waals surface area (Å²) in [6.45, 7) is 4.85. The van der Waals surface area contributed by atoms with Crippen LogP contribution in [0.1, 0.15) is 49.0 Å². The van der Waals surface area contributed by atoms with E-state index in [2.05, 4.69) is 36.1 Å². The molecular weight excluding hydrogens is 401 g/mol. The summed E-state index contributed by atoms with van der Waals surface area (Å²) in [5.41, 5.74) is 3.49. The van der Waals surface area contributed by atoms with Crippen LogP contribution in [0.15, 0.2) is 84.9 Å². The molecule has 2 atom stereocenters. The van der Waals surface area contributed by atoms with Crippen LogP contribution in [0.25, 0.3) is 0 Å². The van der Waals surface area contributed by atoms with Crippen LogP contribution < -0.4 is 5.46 Å². The lowest BCUT2D eigenvalue weighted by Gasteiger charge is -2.37. The minimum Gasteiger partial charge on any atom is -0.466 e. The van der Waals surface area contributed by atoms with Gasteiger partial charge in [0.1, 0.15) is 0 Å². The number of carbonyl (C=O) groups is 1. The molecule has 0 radical (unpaired) electrons. The highest BCUT2D eigenvalue weighted by molar-refractivity contribution is 6.58. The van der Waals surface area contributed by atoms with Gasteiger partial charge in [0.25, 0.3) is 0 Å². The summed E-state index contributed by atoms with van der Waals surface area (Å²) in [5.74, 6) is -0.286. The number of carbonyl (C=O) groups excluding carboxylic acids is 1. The van der Waals surface area contributed by atoms with Gasteiger partial charge in [-0.05, 0) is 36.0 Å². The molecule has 0 spiro atoms. The van der Waals surface area contributed by atoms with Crippen LogP contribution in [0.5, 0.6) is 0 Å². The second-order valence-corrected chi connectivity index (χ2v) is 7.81. The van der Waals surface area contributed by atoms with E-state index in [1.54, 1.807) is 25.1 Å². The minimum absolute atomic E-state index is 0.00135. The summed E-state index contributed by atoms with van der Waals surface area (Å²) in [6, 6.07) is 27.1. The molecule has 0 aliphatic heterocycles.